The van der Waals surface area contributed by atoms with Crippen LogP contribution in [0.3, 0.4) is 0 Å². The van der Waals surface area contributed by atoms with E-state index in [1.54, 1.807) is 12.1 Å². The predicted molar refractivity (Wildman–Crippen MR) is 76.5 cm³/mol. The second-order valence-corrected chi connectivity index (χ2v) is 4.24. The van der Waals surface area contributed by atoms with Gasteiger partial charge in [-0.05, 0) is 17.7 Å². The summed E-state index contributed by atoms with van der Waals surface area (Å²) in [5.41, 5.74) is 0.809. The lowest BCUT2D eigenvalue weighted by atomic mass is 10.1. The molecule has 0 radical (unpaired) electrons. The highest BCUT2D eigenvalue weighted by Crippen LogP contribution is 2.09. The summed E-state index contributed by atoms with van der Waals surface area (Å²) in [6.07, 6.45) is 3.51. The van der Waals surface area contributed by atoms with E-state index >= 15 is 0 Å². The van der Waals surface area contributed by atoms with E-state index in [0.717, 1.165) is 5.56 Å². The third-order valence-corrected chi connectivity index (χ3v) is 2.79. The molecule has 106 valence electrons. The minimum absolute atomic E-state index is 0.00869. The summed E-state index contributed by atoms with van der Waals surface area (Å²) in [7, 11) is 0. The molecule has 0 aromatic heterocycles. The number of esters is 1. The van der Waals surface area contributed by atoms with Gasteiger partial charge in [-0.1, -0.05) is 54.6 Å². The summed E-state index contributed by atoms with van der Waals surface area (Å²) in [6, 6.07) is 15.4. The van der Waals surface area contributed by atoms with Crippen molar-refractivity contribution in [3.8, 4) is 0 Å². The zero-order chi connectivity index (χ0) is 15.1. The van der Waals surface area contributed by atoms with E-state index in [1.807, 2.05) is 36.4 Å². The minimum Gasteiger partial charge on any atom is -0.545 e. The number of carboxylic acid groups (broad SMARTS) is 1. The first-order valence-electron chi connectivity index (χ1n) is 6.37. The second kappa shape index (κ2) is 7.05. The van der Waals surface area contributed by atoms with Crippen molar-refractivity contribution in [2.45, 2.75) is 0 Å². The number of ether oxygens (including phenoxy) is 1. The Bertz CT molecular complexity index is 660. The average molecular weight is 281 g/mol. The lowest BCUT2D eigenvalue weighted by molar-refractivity contribution is -0.255. The van der Waals surface area contributed by atoms with Gasteiger partial charge in [-0.2, -0.15) is 0 Å². The molecule has 0 saturated heterocycles. The molecule has 0 N–H and O–H groups in total. The SMILES string of the molecule is O=C([O-])c1ccccc1C(=O)OCC=Cc1ccccc1. The van der Waals surface area contributed by atoms with Crippen molar-refractivity contribution in [1.82, 2.24) is 0 Å². The Labute approximate surface area is 122 Å². The molecule has 0 aliphatic rings. The van der Waals surface area contributed by atoms with Crippen LogP contribution < -0.4 is 5.11 Å². The normalized spacial score (nSPS) is 10.5. The maximum Gasteiger partial charge on any atom is 0.339 e. The van der Waals surface area contributed by atoms with Crippen molar-refractivity contribution in [1.29, 1.82) is 0 Å². The van der Waals surface area contributed by atoms with Gasteiger partial charge in [0.05, 0.1) is 11.5 Å². The Hall–Kier alpha value is -2.88. The largest absolute Gasteiger partial charge is 0.545 e. The summed E-state index contributed by atoms with van der Waals surface area (Å²) in [5, 5.41) is 10.9. The van der Waals surface area contributed by atoms with E-state index < -0.39 is 11.9 Å². The van der Waals surface area contributed by atoms with E-state index in [0.29, 0.717) is 0 Å². The predicted octanol–water partition coefficient (Wildman–Crippen LogP) is 1.92. The molecule has 0 saturated carbocycles. The fourth-order valence-corrected chi connectivity index (χ4v) is 1.79. The van der Waals surface area contributed by atoms with Crippen LogP contribution in [0, 0.1) is 0 Å². The zero-order valence-electron chi connectivity index (χ0n) is 11.2. The van der Waals surface area contributed by atoms with Crippen LogP contribution in [0.15, 0.2) is 60.7 Å². The van der Waals surface area contributed by atoms with Gasteiger partial charge in [-0.25, -0.2) is 4.79 Å². The first-order chi connectivity index (χ1) is 10.2. The fraction of sp³-hybridized carbons (Fsp3) is 0.0588. The van der Waals surface area contributed by atoms with Gasteiger partial charge in [-0.15, -0.1) is 0 Å². The molecule has 0 unspecified atom stereocenters. The van der Waals surface area contributed by atoms with E-state index in [4.69, 9.17) is 4.74 Å². The Morgan fingerprint density at radius 3 is 2.24 bits per heavy atom. The number of hydrogen-bond donors (Lipinski definition) is 0. The molecule has 0 fully saturated rings. The monoisotopic (exact) mass is 281 g/mol. The van der Waals surface area contributed by atoms with Gasteiger partial charge in [0.2, 0.25) is 0 Å². The molecule has 2 rings (SSSR count). The maximum absolute atomic E-state index is 11.8. The van der Waals surface area contributed by atoms with Crippen molar-refractivity contribution in [2.24, 2.45) is 0 Å². The zero-order valence-corrected chi connectivity index (χ0v) is 11.2. The van der Waals surface area contributed by atoms with Crippen LogP contribution in [0.5, 0.6) is 0 Å². The molecule has 0 heterocycles. The quantitative estimate of drug-likeness (QED) is 0.785. The van der Waals surface area contributed by atoms with Gasteiger partial charge in [-0.3, -0.25) is 0 Å². The summed E-state index contributed by atoms with van der Waals surface area (Å²) in [4.78, 5) is 22.7. The van der Waals surface area contributed by atoms with Crippen LogP contribution in [0.4, 0.5) is 0 Å². The number of carbonyl (C=O) groups excluding carboxylic acids is 2. The number of benzene rings is 2. The van der Waals surface area contributed by atoms with Crippen LogP contribution >= 0.6 is 0 Å². The molecule has 0 bridgehead atoms. The minimum atomic E-state index is -1.40. The molecular formula is C17H13O4-. The Balaban J connectivity index is 1.97. The first-order valence-corrected chi connectivity index (χ1v) is 6.37. The van der Waals surface area contributed by atoms with Crippen molar-refractivity contribution in [3.05, 3.63) is 77.4 Å². The van der Waals surface area contributed by atoms with Crippen LogP contribution in [0.1, 0.15) is 26.3 Å². The van der Waals surface area contributed by atoms with Crippen LogP contribution in [0.2, 0.25) is 0 Å². The number of carbonyl (C=O) groups is 2. The van der Waals surface area contributed by atoms with E-state index in [1.165, 1.54) is 18.2 Å². The number of carboxylic acids is 1. The standard InChI is InChI=1S/C17H14O4/c18-16(19)14-10-4-5-11-15(14)17(20)21-12-6-9-13-7-2-1-3-8-13/h1-11H,12H2,(H,18,19)/p-1. The van der Waals surface area contributed by atoms with Gasteiger partial charge in [0, 0.05) is 5.56 Å². The average Bonchev–Trinajstić information content (AvgIpc) is 2.52. The maximum atomic E-state index is 11.8. The highest BCUT2D eigenvalue weighted by Gasteiger charge is 2.11. The molecule has 2 aromatic carbocycles. The second-order valence-electron chi connectivity index (χ2n) is 4.24. The van der Waals surface area contributed by atoms with E-state index in [9.17, 15) is 14.7 Å². The topological polar surface area (TPSA) is 66.4 Å². The van der Waals surface area contributed by atoms with Crippen molar-refractivity contribution in [2.75, 3.05) is 6.61 Å². The number of hydrogen-bond acceptors (Lipinski definition) is 4. The Kier molecular flexibility index (Phi) is 4.88. The Morgan fingerprint density at radius 2 is 1.57 bits per heavy atom. The third-order valence-electron chi connectivity index (χ3n) is 2.79. The molecule has 4 nitrogen and oxygen atoms in total. The van der Waals surface area contributed by atoms with Crippen molar-refractivity contribution >= 4 is 18.0 Å². The smallest absolute Gasteiger partial charge is 0.339 e. The number of rotatable bonds is 5. The first kappa shape index (κ1) is 14.5. The highest BCUT2D eigenvalue weighted by molar-refractivity contribution is 6.01. The number of aromatic carboxylic acids is 1. The van der Waals surface area contributed by atoms with Gasteiger partial charge in [0.1, 0.15) is 6.61 Å². The van der Waals surface area contributed by atoms with Gasteiger partial charge < -0.3 is 14.6 Å². The summed E-state index contributed by atoms with van der Waals surface area (Å²) >= 11 is 0. The molecular weight excluding hydrogens is 268 g/mol. The van der Waals surface area contributed by atoms with Crippen LogP contribution in [-0.4, -0.2) is 18.5 Å². The molecule has 2 aromatic rings. The molecule has 0 spiro atoms. The molecule has 0 atom stereocenters. The highest BCUT2D eigenvalue weighted by atomic mass is 16.5. The third kappa shape index (κ3) is 4.04. The lowest BCUT2D eigenvalue weighted by Crippen LogP contribution is -2.25. The lowest BCUT2D eigenvalue weighted by Gasteiger charge is -2.08. The fourth-order valence-electron chi connectivity index (χ4n) is 1.79. The summed E-state index contributed by atoms with van der Waals surface area (Å²) in [6.45, 7) is 0.0646. The van der Waals surface area contributed by atoms with Gasteiger partial charge in [0.15, 0.2) is 0 Å². The van der Waals surface area contributed by atoms with Crippen LogP contribution in [-0.2, 0) is 4.74 Å². The molecule has 21 heavy (non-hydrogen) atoms. The van der Waals surface area contributed by atoms with E-state index in [-0.39, 0.29) is 17.7 Å². The van der Waals surface area contributed by atoms with E-state index in [2.05, 4.69) is 0 Å². The van der Waals surface area contributed by atoms with Crippen LogP contribution in [0.25, 0.3) is 6.08 Å². The molecule has 4 heteroatoms. The Morgan fingerprint density at radius 1 is 0.952 bits per heavy atom. The van der Waals surface area contributed by atoms with Gasteiger partial charge in [0.25, 0.3) is 0 Å². The summed E-state index contributed by atoms with van der Waals surface area (Å²) in [5.74, 6) is -2.09. The molecule has 0 aliphatic heterocycles. The molecule has 0 amide bonds. The summed E-state index contributed by atoms with van der Waals surface area (Å²) < 4.78 is 5.02. The van der Waals surface area contributed by atoms with Gasteiger partial charge >= 0.3 is 5.97 Å². The molecule has 0 aliphatic carbocycles. The van der Waals surface area contributed by atoms with Crippen molar-refractivity contribution in [3.63, 3.8) is 0 Å². The van der Waals surface area contributed by atoms with Crippen molar-refractivity contribution < 1.29 is 19.4 Å².